The molecule has 37 heavy (non-hydrogen) atoms. The van der Waals surface area contributed by atoms with E-state index in [0.29, 0.717) is 41.9 Å². The Morgan fingerprint density at radius 3 is 2.43 bits per heavy atom. The fourth-order valence-electron chi connectivity index (χ4n) is 3.68. The Bertz CT molecular complexity index is 1260. The van der Waals surface area contributed by atoms with E-state index in [-0.39, 0.29) is 27.7 Å². The molecule has 0 spiro atoms. The Balaban J connectivity index is 2.15. The van der Waals surface area contributed by atoms with Gasteiger partial charge in [-0.25, -0.2) is 0 Å². The number of carbonyl (C=O) groups excluding carboxylic acids is 3. The number of hydrogen-bond acceptors (Lipinski definition) is 8. The van der Waals surface area contributed by atoms with Crippen LogP contribution in [0, 0.1) is 5.92 Å². The molecule has 0 bridgehead atoms. The lowest BCUT2D eigenvalue weighted by Gasteiger charge is -2.31. The van der Waals surface area contributed by atoms with E-state index in [0.717, 1.165) is 6.42 Å². The maximum absolute atomic E-state index is 14.0. The fourth-order valence-corrected chi connectivity index (χ4v) is 4.42. The first-order valence-electron chi connectivity index (χ1n) is 11.8. The second kappa shape index (κ2) is 12.2. The topological polar surface area (TPSA) is 161 Å². The third-order valence-corrected chi connectivity index (χ3v) is 6.37. The summed E-state index contributed by atoms with van der Waals surface area (Å²) in [5.74, 6) is -1.11. The van der Waals surface area contributed by atoms with E-state index in [4.69, 9.17) is 16.2 Å². The number of phenols is 1. The summed E-state index contributed by atoms with van der Waals surface area (Å²) in [5.41, 5.74) is 11.8. The predicted octanol–water partition coefficient (Wildman–Crippen LogP) is 3.48. The number of aromatic nitrogens is 1. The molecule has 196 valence electrons. The van der Waals surface area contributed by atoms with Gasteiger partial charge in [-0.05, 0) is 60.6 Å². The van der Waals surface area contributed by atoms with Crippen molar-refractivity contribution in [3.05, 3.63) is 64.7 Å². The molecular formula is C26H31N5O5S. The minimum atomic E-state index is -1.14. The van der Waals surface area contributed by atoms with Gasteiger partial charge >= 0.3 is 0 Å². The number of hydrogen-bond donors (Lipinski definition) is 4. The summed E-state index contributed by atoms with van der Waals surface area (Å²) in [5, 5.41) is 13.1. The van der Waals surface area contributed by atoms with Gasteiger partial charge in [-0.1, -0.05) is 32.0 Å². The number of rotatable bonds is 11. The van der Waals surface area contributed by atoms with E-state index in [1.807, 2.05) is 20.8 Å². The molecule has 0 aliphatic carbocycles. The van der Waals surface area contributed by atoms with Crippen molar-refractivity contribution in [2.24, 2.45) is 11.7 Å². The summed E-state index contributed by atoms with van der Waals surface area (Å²) in [6, 6.07) is 11.6. The van der Waals surface area contributed by atoms with Crippen molar-refractivity contribution in [2.75, 3.05) is 23.8 Å². The maximum atomic E-state index is 14.0. The summed E-state index contributed by atoms with van der Waals surface area (Å²) < 4.78 is 9.47. The molecule has 0 aliphatic rings. The normalized spacial score (nSPS) is 11.7. The van der Waals surface area contributed by atoms with Crippen LogP contribution in [0.4, 0.5) is 11.4 Å². The van der Waals surface area contributed by atoms with E-state index in [1.54, 1.807) is 36.4 Å². The second-order valence-corrected chi connectivity index (χ2v) is 9.48. The molecule has 6 N–H and O–H groups in total. The second-order valence-electron chi connectivity index (χ2n) is 8.71. The van der Waals surface area contributed by atoms with Crippen molar-refractivity contribution in [1.29, 1.82) is 0 Å². The van der Waals surface area contributed by atoms with Crippen molar-refractivity contribution in [3.63, 3.8) is 0 Å². The molecule has 3 rings (SSSR count). The van der Waals surface area contributed by atoms with Crippen molar-refractivity contribution >= 4 is 40.6 Å². The van der Waals surface area contributed by atoms with Gasteiger partial charge in [0.15, 0.2) is 5.69 Å². The lowest BCUT2D eigenvalue weighted by molar-refractivity contribution is -0.122. The van der Waals surface area contributed by atoms with Crippen LogP contribution in [0.3, 0.4) is 0 Å². The average Bonchev–Trinajstić information content (AvgIpc) is 3.24. The number of amides is 3. The van der Waals surface area contributed by atoms with Crippen LogP contribution in [0.5, 0.6) is 11.5 Å². The monoisotopic (exact) mass is 525 g/mol. The molecule has 0 saturated carbocycles. The summed E-state index contributed by atoms with van der Waals surface area (Å²) in [7, 11) is 0. The molecule has 0 radical (unpaired) electrons. The summed E-state index contributed by atoms with van der Waals surface area (Å²) >= 11 is 0.714. The van der Waals surface area contributed by atoms with Crippen LogP contribution in [0.15, 0.2) is 48.5 Å². The van der Waals surface area contributed by atoms with Gasteiger partial charge in [-0.3, -0.25) is 19.3 Å². The van der Waals surface area contributed by atoms with Crippen molar-refractivity contribution < 1.29 is 24.2 Å². The number of primary amides is 1. The minimum Gasteiger partial charge on any atom is -0.508 e. The largest absolute Gasteiger partial charge is 0.508 e. The molecule has 1 heterocycles. The van der Waals surface area contributed by atoms with Gasteiger partial charge in [0.2, 0.25) is 5.91 Å². The molecule has 0 saturated heterocycles. The SMILES string of the molecule is CCOc1ccc(C(C(=O)NCCC(C)C)N(C(=O)c2snc(C(N)=O)c2N)c2cccc(O)c2)cc1. The number of nitrogens with one attached hydrogen (secondary N) is 1. The highest BCUT2D eigenvalue weighted by Crippen LogP contribution is 2.35. The zero-order chi connectivity index (χ0) is 27.1. The van der Waals surface area contributed by atoms with Crippen molar-refractivity contribution in [3.8, 4) is 11.5 Å². The van der Waals surface area contributed by atoms with E-state index >= 15 is 0 Å². The van der Waals surface area contributed by atoms with Crippen LogP contribution in [0.1, 0.15) is 59.0 Å². The predicted molar refractivity (Wildman–Crippen MR) is 143 cm³/mol. The quantitative estimate of drug-likeness (QED) is 0.298. The summed E-state index contributed by atoms with van der Waals surface area (Å²) in [6.45, 7) is 6.82. The zero-order valence-corrected chi connectivity index (χ0v) is 21.7. The molecule has 11 heteroatoms. The first kappa shape index (κ1) is 27.5. The van der Waals surface area contributed by atoms with Gasteiger partial charge in [0.05, 0.1) is 12.3 Å². The number of ether oxygens (including phenoxy) is 1. The standard InChI is InChI=1S/C26H31N5O5S/c1-4-36-19-10-8-16(9-11-19)22(25(34)29-13-12-15(2)3)31(17-6-5-7-18(32)14-17)26(35)23-20(27)21(24(28)33)30-37-23/h5-11,14-15,22,32H,4,12-13,27H2,1-3H3,(H2,28,33)(H,29,34). The Kier molecular flexibility index (Phi) is 9.07. The van der Waals surface area contributed by atoms with Crippen LogP contribution in [-0.2, 0) is 4.79 Å². The zero-order valence-electron chi connectivity index (χ0n) is 20.9. The van der Waals surface area contributed by atoms with E-state index in [1.165, 1.54) is 17.0 Å². The van der Waals surface area contributed by atoms with E-state index < -0.39 is 23.8 Å². The minimum absolute atomic E-state index is 0.0527. The van der Waals surface area contributed by atoms with Gasteiger partial charge in [-0.2, -0.15) is 4.37 Å². The first-order valence-corrected chi connectivity index (χ1v) is 12.6. The van der Waals surface area contributed by atoms with Gasteiger partial charge < -0.3 is 26.6 Å². The molecule has 1 atom stereocenters. The number of nitrogens with zero attached hydrogens (tertiary/aromatic N) is 2. The highest BCUT2D eigenvalue weighted by Gasteiger charge is 2.36. The van der Waals surface area contributed by atoms with Gasteiger partial charge in [0, 0.05) is 18.3 Å². The first-order chi connectivity index (χ1) is 17.6. The van der Waals surface area contributed by atoms with E-state index in [9.17, 15) is 19.5 Å². The summed E-state index contributed by atoms with van der Waals surface area (Å²) in [6.07, 6.45) is 0.742. The highest BCUT2D eigenvalue weighted by molar-refractivity contribution is 7.09. The molecule has 1 aromatic heterocycles. The van der Waals surface area contributed by atoms with Gasteiger partial charge in [-0.15, -0.1) is 0 Å². The van der Waals surface area contributed by atoms with Gasteiger partial charge in [0.25, 0.3) is 11.8 Å². The molecule has 0 fully saturated rings. The molecule has 2 aromatic carbocycles. The molecule has 0 aliphatic heterocycles. The Morgan fingerprint density at radius 2 is 1.86 bits per heavy atom. The van der Waals surface area contributed by atoms with Gasteiger partial charge in [0.1, 0.15) is 22.4 Å². The van der Waals surface area contributed by atoms with Crippen LogP contribution in [0.2, 0.25) is 0 Å². The molecule has 3 amide bonds. The Hall–Kier alpha value is -4.12. The molecule has 10 nitrogen and oxygen atoms in total. The third-order valence-electron chi connectivity index (χ3n) is 5.52. The number of benzene rings is 2. The van der Waals surface area contributed by atoms with Crippen LogP contribution in [-0.4, -0.2) is 40.4 Å². The molecule has 1 unspecified atom stereocenters. The number of anilines is 2. The lowest BCUT2D eigenvalue weighted by atomic mass is 10.0. The lowest BCUT2D eigenvalue weighted by Crippen LogP contribution is -2.44. The average molecular weight is 526 g/mol. The number of nitrogens with two attached hydrogens (primary N) is 2. The van der Waals surface area contributed by atoms with Crippen LogP contribution < -0.4 is 26.4 Å². The third kappa shape index (κ3) is 6.56. The Labute approximate surface area is 219 Å². The van der Waals surface area contributed by atoms with Crippen LogP contribution >= 0.6 is 11.5 Å². The Morgan fingerprint density at radius 1 is 1.16 bits per heavy atom. The number of carbonyl (C=O) groups is 3. The van der Waals surface area contributed by atoms with Crippen molar-refractivity contribution in [2.45, 2.75) is 33.2 Å². The summed E-state index contributed by atoms with van der Waals surface area (Å²) in [4.78, 5) is 40.5. The van der Waals surface area contributed by atoms with E-state index in [2.05, 4.69) is 9.69 Å². The molecular weight excluding hydrogens is 494 g/mol. The number of phenolic OH excluding ortho intramolecular Hbond substituents is 1. The van der Waals surface area contributed by atoms with Crippen LogP contribution in [0.25, 0.3) is 0 Å². The molecule has 3 aromatic rings. The maximum Gasteiger partial charge on any atom is 0.273 e. The smallest absolute Gasteiger partial charge is 0.273 e. The highest BCUT2D eigenvalue weighted by atomic mass is 32.1. The fraction of sp³-hybridized carbons (Fsp3) is 0.308. The number of aromatic hydroxyl groups is 1. The van der Waals surface area contributed by atoms with Crippen molar-refractivity contribution in [1.82, 2.24) is 9.69 Å². The number of nitrogen functional groups attached to an aromatic ring is 1.